The molecule has 0 bridgehead atoms. The molecule has 1 fully saturated rings. The van der Waals surface area contributed by atoms with E-state index in [9.17, 15) is 5.11 Å². The molecule has 0 aromatic heterocycles. The Balaban J connectivity index is 2.95. The summed E-state index contributed by atoms with van der Waals surface area (Å²) in [6.45, 7) is 5.17. The molecular weight excluding hydrogens is 168 g/mol. The van der Waals surface area contributed by atoms with E-state index in [4.69, 9.17) is 10.8 Å². The Morgan fingerprint density at radius 1 is 1.77 bits per heavy atom. The van der Waals surface area contributed by atoms with Gasteiger partial charge in [0, 0.05) is 7.11 Å². The molecule has 1 N–H and O–H groups in total. The first-order chi connectivity index (χ1) is 6.49. The average Bonchev–Trinajstić information content (AvgIpc) is 2.40. The monoisotopic (exact) mass is 190 g/mol. The van der Waals surface area contributed by atoms with Crippen LogP contribution >= 0.6 is 0 Å². The first kappa shape index (κ1) is 9.44. The van der Waals surface area contributed by atoms with Gasteiger partial charge < -0.3 is 14.6 Å². The molecule has 0 aromatic rings. The van der Waals surface area contributed by atoms with Crippen molar-refractivity contribution in [1.29, 1.82) is 0 Å². The van der Waals surface area contributed by atoms with Crippen molar-refractivity contribution in [3.05, 3.63) is 0 Å². The normalized spacial score (nSPS) is 46.9. The van der Waals surface area contributed by atoms with E-state index in [-0.39, 0.29) is 5.92 Å². The van der Waals surface area contributed by atoms with Crippen LogP contribution in [0.3, 0.4) is 0 Å². The van der Waals surface area contributed by atoms with Crippen LogP contribution in [0.25, 0.3) is 0 Å². The van der Waals surface area contributed by atoms with Gasteiger partial charge in [0.2, 0.25) is 0 Å². The molecule has 0 amide bonds. The molecule has 0 aromatic carbocycles. The van der Waals surface area contributed by atoms with Crippen LogP contribution in [-0.4, -0.2) is 36.6 Å². The Labute approximate surface area is 81.4 Å². The zero-order chi connectivity index (χ0) is 10.9. The summed E-state index contributed by atoms with van der Waals surface area (Å²) in [6, 6.07) is 0. The van der Waals surface area contributed by atoms with Crippen LogP contribution in [0, 0.1) is 5.92 Å². The lowest BCUT2D eigenvalue weighted by Crippen LogP contribution is -2.48. The third-order valence-electron chi connectivity index (χ3n) is 3.00. The van der Waals surface area contributed by atoms with Crippen LogP contribution in [0.15, 0.2) is 0 Å². The van der Waals surface area contributed by atoms with Crippen LogP contribution in [0.2, 0.25) is 0 Å². The molecule has 78 valence electrons. The summed E-state index contributed by atoms with van der Waals surface area (Å²) < 4.78 is 18.4. The molecule has 0 radical (unpaired) electrons. The van der Waals surface area contributed by atoms with Gasteiger partial charge in [0.05, 0.1) is 13.6 Å². The fraction of sp³-hybridized carbons (Fsp3) is 1.00. The maximum atomic E-state index is 9.74. The molecule has 1 heterocycles. The number of rotatable bonds is 3. The van der Waals surface area contributed by atoms with Gasteiger partial charge in [-0.3, -0.25) is 0 Å². The molecule has 13 heavy (non-hydrogen) atoms. The first-order valence-corrected chi connectivity index (χ1v) is 4.80. The number of aliphatic hydroxyl groups is 1. The lowest BCUT2D eigenvalue weighted by Gasteiger charge is -2.36. The van der Waals surface area contributed by atoms with E-state index in [2.05, 4.69) is 0 Å². The molecule has 1 saturated heterocycles. The Hall–Kier alpha value is -0.120. The predicted octanol–water partition coefficient (Wildman–Crippen LogP) is 1.20. The Kier molecular flexibility index (Phi) is 2.86. The summed E-state index contributed by atoms with van der Waals surface area (Å²) in [5.41, 5.74) is -0.513. The second-order valence-electron chi connectivity index (χ2n) is 3.86. The standard InChI is InChI=1S/C10H20O3/c1-5-10(7(2)3)9(12-4)8(11)6-13-10/h7-9,11H,5-6H2,1-4H3/t8-,9-,10-/m0/s1/i6T/t6-,8-,9-,10-. The van der Waals surface area contributed by atoms with Gasteiger partial charge in [-0.1, -0.05) is 20.8 Å². The average molecular weight is 190 g/mol. The fourth-order valence-electron chi connectivity index (χ4n) is 2.12. The van der Waals surface area contributed by atoms with Crippen molar-refractivity contribution in [3.63, 3.8) is 0 Å². The molecule has 3 heteroatoms. The predicted molar refractivity (Wildman–Crippen MR) is 50.6 cm³/mol. The summed E-state index contributed by atoms with van der Waals surface area (Å²) in [5.74, 6) is 0.224. The lowest BCUT2D eigenvalue weighted by atomic mass is 9.82. The number of methoxy groups -OCH3 is 1. The molecule has 1 aliphatic heterocycles. The number of aliphatic hydroxyl groups excluding tert-OH is 1. The van der Waals surface area contributed by atoms with Crippen LogP contribution < -0.4 is 0 Å². The Morgan fingerprint density at radius 2 is 2.38 bits per heavy atom. The van der Waals surface area contributed by atoms with E-state index in [1.54, 1.807) is 7.11 Å². The largest absolute Gasteiger partial charge is 0.388 e. The molecule has 0 unspecified atom stereocenters. The van der Waals surface area contributed by atoms with Crippen LogP contribution in [0.5, 0.6) is 0 Å². The number of hydrogen-bond acceptors (Lipinski definition) is 3. The summed E-state index contributed by atoms with van der Waals surface area (Å²) in [7, 11) is 1.56. The maximum Gasteiger partial charge on any atom is 0.114 e. The van der Waals surface area contributed by atoms with Crippen molar-refractivity contribution in [2.24, 2.45) is 5.92 Å². The van der Waals surface area contributed by atoms with Crippen molar-refractivity contribution in [3.8, 4) is 0 Å². The quantitative estimate of drug-likeness (QED) is 0.726. The minimum absolute atomic E-state index is 0.224. The van der Waals surface area contributed by atoms with Gasteiger partial charge in [-0.05, 0) is 12.3 Å². The molecule has 1 aliphatic rings. The SMILES string of the molecule is [3H][C@@H]1O[C@@](CC)(C(C)C)[C@@H](OC)[C@H]1O. The van der Waals surface area contributed by atoms with Crippen molar-refractivity contribution in [1.82, 2.24) is 0 Å². The van der Waals surface area contributed by atoms with Crippen LogP contribution in [0.4, 0.5) is 0 Å². The number of ether oxygens (including phenoxy) is 2. The molecule has 0 aliphatic carbocycles. The third kappa shape index (κ3) is 1.60. The van der Waals surface area contributed by atoms with Gasteiger partial charge in [-0.15, -0.1) is 0 Å². The summed E-state index contributed by atoms with van der Waals surface area (Å²) in [5, 5.41) is 9.74. The summed E-state index contributed by atoms with van der Waals surface area (Å²) >= 11 is 0. The van der Waals surface area contributed by atoms with E-state index in [1.807, 2.05) is 20.8 Å². The highest BCUT2D eigenvalue weighted by Crippen LogP contribution is 2.37. The Morgan fingerprint density at radius 3 is 2.69 bits per heavy atom. The lowest BCUT2D eigenvalue weighted by molar-refractivity contribution is -0.111. The highest BCUT2D eigenvalue weighted by molar-refractivity contribution is 4.99. The smallest absolute Gasteiger partial charge is 0.114 e. The molecule has 0 spiro atoms. The topological polar surface area (TPSA) is 38.7 Å². The van der Waals surface area contributed by atoms with Crippen molar-refractivity contribution in [2.75, 3.05) is 13.7 Å². The molecular formula is C10H20O3. The minimum atomic E-state index is -0.887. The zero-order valence-corrected chi connectivity index (χ0v) is 8.78. The molecule has 3 nitrogen and oxygen atoms in total. The van der Waals surface area contributed by atoms with E-state index in [0.29, 0.717) is 0 Å². The van der Waals surface area contributed by atoms with Crippen molar-refractivity contribution in [2.45, 2.75) is 45.0 Å². The van der Waals surface area contributed by atoms with Gasteiger partial charge in [0.25, 0.3) is 0 Å². The molecule has 1 rings (SSSR count). The summed E-state index contributed by atoms with van der Waals surface area (Å²) in [4.78, 5) is 0. The fourth-order valence-corrected chi connectivity index (χ4v) is 2.12. The van der Waals surface area contributed by atoms with Crippen molar-refractivity contribution < 1.29 is 16.0 Å². The van der Waals surface area contributed by atoms with E-state index < -0.39 is 24.4 Å². The van der Waals surface area contributed by atoms with Gasteiger partial charge in [0.1, 0.15) is 12.2 Å². The van der Waals surface area contributed by atoms with E-state index in [0.717, 1.165) is 6.42 Å². The highest BCUT2D eigenvalue weighted by Gasteiger charge is 2.50. The van der Waals surface area contributed by atoms with Crippen LogP contribution in [0.1, 0.15) is 28.6 Å². The van der Waals surface area contributed by atoms with E-state index in [1.165, 1.54) is 0 Å². The highest BCUT2D eigenvalue weighted by atomic mass is 16.6. The minimum Gasteiger partial charge on any atom is -0.388 e. The number of hydrogen-bond donors (Lipinski definition) is 1. The second-order valence-corrected chi connectivity index (χ2v) is 3.86. The van der Waals surface area contributed by atoms with Crippen molar-refractivity contribution >= 4 is 0 Å². The summed E-state index contributed by atoms with van der Waals surface area (Å²) in [6.07, 6.45) is -0.493. The maximum absolute atomic E-state index is 9.74. The van der Waals surface area contributed by atoms with Crippen LogP contribution in [-0.2, 0) is 9.47 Å². The Bertz CT molecular complexity index is 198. The second kappa shape index (κ2) is 3.95. The zero-order valence-electron chi connectivity index (χ0n) is 9.78. The van der Waals surface area contributed by atoms with Gasteiger partial charge >= 0.3 is 0 Å². The van der Waals surface area contributed by atoms with Gasteiger partial charge in [-0.25, -0.2) is 0 Å². The molecule has 4 atom stereocenters. The molecule has 0 saturated carbocycles. The van der Waals surface area contributed by atoms with Gasteiger partial charge in [0.15, 0.2) is 0 Å². The first-order valence-electron chi connectivity index (χ1n) is 5.38. The van der Waals surface area contributed by atoms with Gasteiger partial charge in [-0.2, -0.15) is 0 Å². The third-order valence-corrected chi connectivity index (χ3v) is 3.00. The van der Waals surface area contributed by atoms with E-state index >= 15 is 0 Å².